The van der Waals surface area contributed by atoms with Crippen LogP contribution >= 0.6 is 0 Å². The van der Waals surface area contributed by atoms with Crippen molar-refractivity contribution in [1.29, 1.82) is 0 Å². The van der Waals surface area contributed by atoms with Crippen molar-refractivity contribution in [2.24, 2.45) is 0 Å². The molecule has 0 fully saturated rings. The Morgan fingerprint density at radius 2 is 1.70 bits per heavy atom. The fraction of sp³-hybridized carbons (Fsp3) is 0. The molecule has 0 aliphatic carbocycles. The van der Waals surface area contributed by atoms with Crippen LogP contribution in [0.3, 0.4) is 0 Å². The Morgan fingerprint density at radius 1 is 1.10 bits per heavy atom. The van der Waals surface area contributed by atoms with Gasteiger partial charge in [0.2, 0.25) is 5.43 Å². The second kappa shape index (κ2) is 4.09. The third-order valence-corrected chi connectivity index (χ3v) is 0.976. The second-order valence-electron chi connectivity index (χ2n) is 1.66. The summed E-state index contributed by atoms with van der Waals surface area (Å²) in [5.74, 6) is -0.208. The third-order valence-electron chi connectivity index (χ3n) is 0.976. The van der Waals surface area contributed by atoms with Gasteiger partial charge in [-0.15, -0.1) is 0 Å². The summed E-state index contributed by atoms with van der Waals surface area (Å²) < 4.78 is 0. The van der Waals surface area contributed by atoms with E-state index in [1.807, 2.05) is 0 Å². The Labute approximate surface area is 69.0 Å². The Morgan fingerprint density at radius 3 is 2.40 bits per heavy atom. The molecule has 0 unspecified atom stereocenters. The van der Waals surface area contributed by atoms with Gasteiger partial charge in [0.25, 0.3) is 0 Å². The molecule has 0 saturated heterocycles. The van der Waals surface area contributed by atoms with Crippen molar-refractivity contribution in [1.82, 2.24) is 0 Å². The van der Waals surface area contributed by atoms with Crippen LogP contribution in [0.1, 0.15) is 0 Å². The molecular formula is C7H6FeO2+2. The van der Waals surface area contributed by atoms with Gasteiger partial charge in [0.05, 0.1) is 0 Å². The summed E-state index contributed by atoms with van der Waals surface area (Å²) in [5.41, 5.74) is -0.347. The van der Waals surface area contributed by atoms with E-state index in [0.717, 1.165) is 0 Å². The smallest absolute Gasteiger partial charge is 0.504 e. The molecule has 0 aliphatic rings. The molecule has 0 atom stereocenters. The van der Waals surface area contributed by atoms with Gasteiger partial charge in [-0.3, -0.25) is 4.79 Å². The van der Waals surface area contributed by atoms with Crippen LogP contribution in [0.4, 0.5) is 0 Å². The van der Waals surface area contributed by atoms with E-state index in [0.29, 0.717) is 0 Å². The van der Waals surface area contributed by atoms with Crippen LogP contribution < -0.4 is 5.43 Å². The molecule has 52 valence electrons. The van der Waals surface area contributed by atoms with Crippen LogP contribution in [0.25, 0.3) is 0 Å². The minimum absolute atomic E-state index is 0. The van der Waals surface area contributed by atoms with Crippen molar-refractivity contribution >= 4 is 0 Å². The maximum absolute atomic E-state index is 10.6. The topological polar surface area (TPSA) is 37.3 Å². The number of aromatic hydroxyl groups is 1. The number of hydrogen-bond donors (Lipinski definition) is 1. The zero-order valence-corrected chi connectivity index (χ0v) is 6.20. The van der Waals surface area contributed by atoms with Crippen LogP contribution in [0.2, 0.25) is 0 Å². The molecule has 0 radical (unpaired) electrons. The first-order valence-corrected chi connectivity index (χ1v) is 2.59. The van der Waals surface area contributed by atoms with Crippen LogP contribution in [-0.2, 0) is 17.1 Å². The zero-order valence-electron chi connectivity index (χ0n) is 5.10. The van der Waals surface area contributed by atoms with Gasteiger partial charge in [-0.2, -0.15) is 0 Å². The molecule has 1 aromatic carbocycles. The van der Waals surface area contributed by atoms with E-state index in [2.05, 4.69) is 0 Å². The average Bonchev–Trinajstić information content (AvgIpc) is 1.99. The molecule has 0 spiro atoms. The first kappa shape index (κ1) is 9.21. The molecule has 0 aliphatic heterocycles. The van der Waals surface area contributed by atoms with Crippen molar-refractivity contribution < 1.29 is 22.2 Å². The first-order chi connectivity index (χ1) is 4.30. The Balaban J connectivity index is 0.000000810. The maximum Gasteiger partial charge on any atom is 2.00 e. The molecule has 1 aromatic rings. The fourth-order valence-electron chi connectivity index (χ4n) is 0.521. The maximum atomic E-state index is 10.6. The zero-order chi connectivity index (χ0) is 6.69. The minimum Gasteiger partial charge on any atom is -0.504 e. The monoisotopic (exact) mass is 178 g/mol. The summed E-state index contributed by atoms with van der Waals surface area (Å²) in [6.07, 6.45) is 0. The van der Waals surface area contributed by atoms with E-state index in [4.69, 9.17) is 5.11 Å². The van der Waals surface area contributed by atoms with Gasteiger partial charge >= 0.3 is 17.1 Å². The fourth-order valence-corrected chi connectivity index (χ4v) is 0.521. The molecular weight excluding hydrogens is 172 g/mol. The molecule has 1 N–H and O–H groups in total. The molecule has 3 heteroatoms. The summed E-state index contributed by atoms with van der Waals surface area (Å²) in [6.45, 7) is 0. The molecule has 0 saturated carbocycles. The summed E-state index contributed by atoms with van der Waals surface area (Å²) in [6, 6.07) is 7.55. The second-order valence-corrected chi connectivity index (χ2v) is 1.66. The standard InChI is InChI=1S/C7H6O2.Fe/c8-6-4-2-1-3-5-7(6)9;/h1-5H,(H,8,9);/q;+2. The van der Waals surface area contributed by atoms with Crippen LogP contribution in [-0.4, -0.2) is 5.11 Å². The number of rotatable bonds is 0. The van der Waals surface area contributed by atoms with Gasteiger partial charge in [0.1, 0.15) is 0 Å². The quantitative estimate of drug-likeness (QED) is 0.595. The van der Waals surface area contributed by atoms with Crippen molar-refractivity contribution in [3.8, 4) is 5.75 Å². The average molecular weight is 178 g/mol. The molecule has 0 aromatic heterocycles. The predicted octanol–water partition coefficient (Wildman–Crippen LogP) is 0.750. The van der Waals surface area contributed by atoms with Crippen LogP contribution in [0.15, 0.2) is 35.1 Å². The minimum atomic E-state index is -0.347. The summed E-state index contributed by atoms with van der Waals surface area (Å²) in [7, 11) is 0. The third kappa shape index (κ3) is 2.21. The Hall–Kier alpha value is -0.791. The van der Waals surface area contributed by atoms with E-state index < -0.39 is 0 Å². The van der Waals surface area contributed by atoms with Crippen molar-refractivity contribution in [3.05, 3.63) is 40.6 Å². The van der Waals surface area contributed by atoms with E-state index in [1.54, 1.807) is 18.2 Å². The first-order valence-electron chi connectivity index (χ1n) is 2.59. The Bertz CT molecular complexity index is 259. The number of hydrogen-bond acceptors (Lipinski definition) is 2. The normalized spacial score (nSPS) is 8.00. The van der Waals surface area contributed by atoms with E-state index in [9.17, 15) is 4.79 Å². The molecule has 0 amide bonds. The van der Waals surface area contributed by atoms with Crippen molar-refractivity contribution in [2.45, 2.75) is 0 Å². The van der Waals surface area contributed by atoms with Crippen LogP contribution in [0, 0.1) is 0 Å². The van der Waals surface area contributed by atoms with Gasteiger partial charge in [0, 0.05) is 0 Å². The van der Waals surface area contributed by atoms with E-state index in [1.165, 1.54) is 12.1 Å². The molecule has 0 bridgehead atoms. The van der Waals surface area contributed by atoms with Crippen molar-refractivity contribution in [2.75, 3.05) is 0 Å². The summed E-state index contributed by atoms with van der Waals surface area (Å²) in [5, 5.41) is 8.77. The van der Waals surface area contributed by atoms with Gasteiger partial charge in [-0.05, 0) is 12.1 Å². The largest absolute Gasteiger partial charge is 2.00 e. The van der Waals surface area contributed by atoms with Crippen LogP contribution in [0.5, 0.6) is 5.75 Å². The Kier molecular flexibility index (Phi) is 3.77. The van der Waals surface area contributed by atoms with Crippen molar-refractivity contribution in [3.63, 3.8) is 0 Å². The van der Waals surface area contributed by atoms with Gasteiger partial charge in [-0.25, -0.2) is 0 Å². The SMILES string of the molecule is O=c1cccccc1O.[Fe+2]. The summed E-state index contributed by atoms with van der Waals surface area (Å²) >= 11 is 0. The van der Waals surface area contributed by atoms with E-state index in [-0.39, 0.29) is 28.2 Å². The molecule has 2 nitrogen and oxygen atoms in total. The predicted molar refractivity (Wildman–Crippen MR) is 34.4 cm³/mol. The molecule has 1 rings (SSSR count). The van der Waals surface area contributed by atoms with Gasteiger partial charge < -0.3 is 5.11 Å². The molecule has 10 heavy (non-hydrogen) atoms. The van der Waals surface area contributed by atoms with Gasteiger partial charge in [-0.1, -0.05) is 18.2 Å². The van der Waals surface area contributed by atoms with E-state index >= 15 is 0 Å². The van der Waals surface area contributed by atoms with Gasteiger partial charge in [0.15, 0.2) is 5.75 Å². The summed E-state index contributed by atoms with van der Waals surface area (Å²) in [4.78, 5) is 10.6. The molecule has 0 heterocycles.